The van der Waals surface area contributed by atoms with Gasteiger partial charge in [-0.3, -0.25) is 4.79 Å². The van der Waals surface area contributed by atoms with E-state index in [4.69, 9.17) is 9.84 Å². The van der Waals surface area contributed by atoms with E-state index in [2.05, 4.69) is 0 Å². The Morgan fingerprint density at radius 2 is 2.15 bits per heavy atom. The van der Waals surface area contributed by atoms with Gasteiger partial charge in [0, 0.05) is 19.7 Å². The summed E-state index contributed by atoms with van der Waals surface area (Å²) in [6.07, 6.45) is 2.22. The number of benzene rings is 1. The molecule has 4 heteroatoms. The van der Waals surface area contributed by atoms with Gasteiger partial charge < -0.3 is 14.7 Å². The van der Waals surface area contributed by atoms with Crippen LogP contribution in [0.4, 0.5) is 0 Å². The molecule has 1 heterocycles. The summed E-state index contributed by atoms with van der Waals surface area (Å²) in [4.78, 5) is 13.9. The largest absolute Gasteiger partial charge is 0.493 e. The molecular formula is C16H23NO3. The summed E-state index contributed by atoms with van der Waals surface area (Å²) in [5, 5.41) is 9.08. The summed E-state index contributed by atoms with van der Waals surface area (Å²) in [6.45, 7) is 4.19. The Kier molecular flexibility index (Phi) is 5.41. The van der Waals surface area contributed by atoms with Gasteiger partial charge in [0.2, 0.25) is 5.91 Å². The average molecular weight is 277 g/mol. The number of hydrogen-bond acceptors (Lipinski definition) is 3. The minimum absolute atomic E-state index is 0.147. The van der Waals surface area contributed by atoms with Gasteiger partial charge >= 0.3 is 0 Å². The number of amides is 1. The minimum Gasteiger partial charge on any atom is -0.493 e. The number of carbonyl (C=O) groups excluding carboxylic acids is 1. The lowest BCUT2D eigenvalue weighted by Gasteiger charge is -2.31. The fourth-order valence-corrected chi connectivity index (χ4v) is 2.48. The molecule has 2 rings (SSSR count). The lowest BCUT2D eigenvalue weighted by Crippen LogP contribution is -2.39. The molecule has 110 valence electrons. The highest BCUT2D eigenvalue weighted by Crippen LogP contribution is 2.17. The van der Waals surface area contributed by atoms with E-state index in [1.807, 2.05) is 36.1 Å². The van der Waals surface area contributed by atoms with Gasteiger partial charge in [-0.1, -0.05) is 12.1 Å². The fourth-order valence-electron chi connectivity index (χ4n) is 2.48. The number of nitrogens with zero attached hydrogens (tertiary/aromatic N) is 1. The van der Waals surface area contributed by atoms with Crippen molar-refractivity contribution in [2.24, 2.45) is 5.92 Å². The van der Waals surface area contributed by atoms with Crippen LogP contribution >= 0.6 is 0 Å². The van der Waals surface area contributed by atoms with Crippen molar-refractivity contribution in [1.29, 1.82) is 0 Å². The molecule has 1 aliphatic heterocycles. The molecule has 1 aromatic carbocycles. The van der Waals surface area contributed by atoms with Crippen molar-refractivity contribution >= 4 is 5.91 Å². The smallest absolute Gasteiger partial charge is 0.225 e. The lowest BCUT2D eigenvalue weighted by molar-refractivity contribution is -0.133. The summed E-state index contributed by atoms with van der Waals surface area (Å²) in [6, 6.07) is 7.84. The fraction of sp³-hybridized carbons (Fsp3) is 0.562. The third-order valence-corrected chi connectivity index (χ3v) is 3.80. The van der Waals surface area contributed by atoms with Crippen LogP contribution in [-0.2, 0) is 4.79 Å². The molecule has 4 nitrogen and oxygen atoms in total. The third-order valence-electron chi connectivity index (χ3n) is 3.80. The SMILES string of the molecule is Cc1cccc(OCCC(=O)N2CCC(CO)CC2)c1. The number of piperidine rings is 1. The first-order chi connectivity index (χ1) is 9.69. The Hall–Kier alpha value is -1.55. The molecule has 0 spiro atoms. The summed E-state index contributed by atoms with van der Waals surface area (Å²) < 4.78 is 5.60. The topological polar surface area (TPSA) is 49.8 Å². The molecule has 0 aliphatic carbocycles. The molecule has 1 amide bonds. The molecule has 1 aromatic rings. The predicted octanol–water partition coefficient (Wildman–Crippen LogP) is 1.99. The normalized spacial score (nSPS) is 16.2. The molecule has 0 aromatic heterocycles. The van der Waals surface area contributed by atoms with Crippen LogP contribution in [0.5, 0.6) is 5.75 Å². The molecule has 0 atom stereocenters. The average Bonchev–Trinajstić information content (AvgIpc) is 2.47. The second kappa shape index (κ2) is 7.29. The number of aliphatic hydroxyl groups is 1. The van der Waals surface area contributed by atoms with E-state index in [0.717, 1.165) is 37.2 Å². The van der Waals surface area contributed by atoms with Gasteiger partial charge in [0.05, 0.1) is 13.0 Å². The highest BCUT2D eigenvalue weighted by molar-refractivity contribution is 5.76. The van der Waals surface area contributed by atoms with E-state index >= 15 is 0 Å². The van der Waals surface area contributed by atoms with Crippen molar-refractivity contribution in [2.75, 3.05) is 26.3 Å². The van der Waals surface area contributed by atoms with Crippen LogP contribution in [0.2, 0.25) is 0 Å². The molecule has 1 aliphatic rings. The predicted molar refractivity (Wildman–Crippen MR) is 77.7 cm³/mol. The number of ether oxygens (including phenoxy) is 1. The maximum absolute atomic E-state index is 12.0. The van der Waals surface area contributed by atoms with Crippen LogP contribution in [0.25, 0.3) is 0 Å². The van der Waals surface area contributed by atoms with Gasteiger partial charge in [0.25, 0.3) is 0 Å². The highest BCUT2D eigenvalue weighted by Gasteiger charge is 2.21. The van der Waals surface area contributed by atoms with Gasteiger partial charge in [-0.25, -0.2) is 0 Å². The molecule has 0 bridgehead atoms. The second-order valence-electron chi connectivity index (χ2n) is 5.42. The first-order valence-corrected chi connectivity index (χ1v) is 7.27. The summed E-state index contributed by atoms with van der Waals surface area (Å²) >= 11 is 0. The summed E-state index contributed by atoms with van der Waals surface area (Å²) in [5.74, 6) is 1.33. The van der Waals surface area contributed by atoms with Crippen LogP contribution in [0.15, 0.2) is 24.3 Å². The number of aryl methyl sites for hydroxylation is 1. The third kappa shape index (κ3) is 4.23. The van der Waals surface area contributed by atoms with Crippen molar-refractivity contribution in [3.05, 3.63) is 29.8 Å². The first-order valence-electron chi connectivity index (χ1n) is 7.27. The zero-order valence-corrected chi connectivity index (χ0v) is 12.0. The van der Waals surface area contributed by atoms with Gasteiger partial charge in [0.1, 0.15) is 5.75 Å². The van der Waals surface area contributed by atoms with E-state index in [1.165, 1.54) is 0 Å². The Morgan fingerprint density at radius 1 is 1.40 bits per heavy atom. The Balaban J connectivity index is 1.70. The monoisotopic (exact) mass is 277 g/mol. The van der Waals surface area contributed by atoms with E-state index < -0.39 is 0 Å². The first kappa shape index (κ1) is 14.9. The Bertz CT molecular complexity index is 439. The highest BCUT2D eigenvalue weighted by atomic mass is 16.5. The number of aliphatic hydroxyl groups excluding tert-OH is 1. The molecular weight excluding hydrogens is 254 g/mol. The van der Waals surface area contributed by atoms with Crippen LogP contribution in [0, 0.1) is 12.8 Å². The van der Waals surface area contributed by atoms with Crippen LogP contribution < -0.4 is 4.74 Å². The molecule has 20 heavy (non-hydrogen) atoms. The second-order valence-corrected chi connectivity index (χ2v) is 5.42. The van der Waals surface area contributed by atoms with Crippen LogP contribution in [-0.4, -0.2) is 42.2 Å². The number of carbonyl (C=O) groups is 1. The van der Waals surface area contributed by atoms with E-state index in [0.29, 0.717) is 18.9 Å². The summed E-state index contributed by atoms with van der Waals surface area (Å²) in [5.41, 5.74) is 1.15. The van der Waals surface area contributed by atoms with Gasteiger partial charge in [-0.05, 0) is 43.4 Å². The molecule has 0 unspecified atom stereocenters. The lowest BCUT2D eigenvalue weighted by atomic mass is 9.98. The molecule has 1 N–H and O–H groups in total. The number of hydrogen-bond donors (Lipinski definition) is 1. The minimum atomic E-state index is 0.147. The maximum atomic E-state index is 12.0. The number of likely N-dealkylation sites (tertiary alicyclic amines) is 1. The van der Waals surface area contributed by atoms with Crippen molar-refractivity contribution in [3.8, 4) is 5.75 Å². The zero-order chi connectivity index (χ0) is 14.4. The van der Waals surface area contributed by atoms with Gasteiger partial charge in [-0.15, -0.1) is 0 Å². The molecule has 0 saturated carbocycles. The Labute approximate surface area is 120 Å². The van der Waals surface area contributed by atoms with Crippen molar-refractivity contribution in [1.82, 2.24) is 4.90 Å². The van der Waals surface area contributed by atoms with Crippen LogP contribution in [0.1, 0.15) is 24.8 Å². The van der Waals surface area contributed by atoms with Crippen molar-refractivity contribution in [2.45, 2.75) is 26.2 Å². The van der Waals surface area contributed by atoms with Gasteiger partial charge in [0.15, 0.2) is 0 Å². The van der Waals surface area contributed by atoms with Crippen molar-refractivity contribution < 1.29 is 14.6 Å². The molecule has 1 fully saturated rings. The molecule has 1 saturated heterocycles. The summed E-state index contributed by atoms with van der Waals surface area (Å²) in [7, 11) is 0. The zero-order valence-electron chi connectivity index (χ0n) is 12.0. The van der Waals surface area contributed by atoms with E-state index in [1.54, 1.807) is 0 Å². The van der Waals surface area contributed by atoms with Crippen molar-refractivity contribution in [3.63, 3.8) is 0 Å². The van der Waals surface area contributed by atoms with Gasteiger partial charge in [-0.2, -0.15) is 0 Å². The van der Waals surface area contributed by atoms with Crippen LogP contribution in [0.3, 0.4) is 0 Å². The molecule has 0 radical (unpaired) electrons. The number of rotatable bonds is 5. The quantitative estimate of drug-likeness (QED) is 0.895. The van der Waals surface area contributed by atoms with E-state index in [9.17, 15) is 4.79 Å². The standard InChI is InChI=1S/C16H23NO3/c1-13-3-2-4-15(11-13)20-10-7-16(19)17-8-5-14(12-18)6-9-17/h2-4,11,14,18H,5-10,12H2,1H3. The maximum Gasteiger partial charge on any atom is 0.225 e. The Morgan fingerprint density at radius 3 is 2.80 bits per heavy atom. The van der Waals surface area contributed by atoms with E-state index in [-0.39, 0.29) is 12.5 Å².